The van der Waals surface area contributed by atoms with Gasteiger partial charge in [0.05, 0.1) is 12.7 Å². The quantitative estimate of drug-likeness (QED) is 0.877. The topological polar surface area (TPSA) is 50.4 Å². The number of halogens is 2. The van der Waals surface area contributed by atoms with Crippen molar-refractivity contribution >= 4 is 34.2 Å². The summed E-state index contributed by atoms with van der Waals surface area (Å²) in [7, 11) is 1.57. The van der Waals surface area contributed by atoms with Gasteiger partial charge in [0.1, 0.15) is 5.75 Å². The van der Waals surface area contributed by atoms with Crippen LogP contribution >= 0.6 is 28.3 Å². The zero-order chi connectivity index (χ0) is 13.0. The van der Waals surface area contributed by atoms with E-state index in [1.165, 1.54) is 6.42 Å². The highest BCUT2D eigenvalue weighted by molar-refractivity contribution is 9.10. The molecule has 0 bridgehead atoms. The Kier molecular flexibility index (Phi) is 6.62. The number of methoxy groups -OCH3 is 1. The van der Waals surface area contributed by atoms with Crippen molar-refractivity contribution in [3.05, 3.63) is 28.2 Å². The number of nitrogens with one attached hydrogen (secondary N) is 2. The van der Waals surface area contributed by atoms with E-state index in [1.54, 1.807) is 19.2 Å². The lowest BCUT2D eigenvalue weighted by Gasteiger charge is -2.13. The van der Waals surface area contributed by atoms with Crippen LogP contribution in [0.5, 0.6) is 5.75 Å². The molecule has 2 N–H and O–H groups in total. The third-order valence-corrected chi connectivity index (χ3v) is 3.57. The Bertz CT molecular complexity index is 437. The van der Waals surface area contributed by atoms with Crippen molar-refractivity contribution < 1.29 is 9.53 Å². The second-order valence-electron chi connectivity index (χ2n) is 4.35. The first-order valence-electron chi connectivity index (χ1n) is 6.06. The molecule has 1 aromatic rings. The van der Waals surface area contributed by atoms with Gasteiger partial charge in [-0.2, -0.15) is 0 Å². The van der Waals surface area contributed by atoms with Gasteiger partial charge in [-0.25, -0.2) is 0 Å². The van der Waals surface area contributed by atoms with Gasteiger partial charge in [0.2, 0.25) is 0 Å². The van der Waals surface area contributed by atoms with Gasteiger partial charge in [-0.05, 0) is 37.6 Å². The maximum atomic E-state index is 12.1. The minimum Gasteiger partial charge on any atom is -0.496 e. The van der Waals surface area contributed by atoms with Crippen molar-refractivity contribution in [1.82, 2.24) is 10.6 Å². The van der Waals surface area contributed by atoms with Gasteiger partial charge < -0.3 is 15.4 Å². The molecule has 1 fully saturated rings. The minimum atomic E-state index is -0.0898. The van der Waals surface area contributed by atoms with E-state index >= 15 is 0 Å². The molecule has 19 heavy (non-hydrogen) atoms. The summed E-state index contributed by atoms with van der Waals surface area (Å²) in [5.74, 6) is 0.495. The van der Waals surface area contributed by atoms with E-state index in [1.807, 2.05) is 6.07 Å². The van der Waals surface area contributed by atoms with E-state index in [4.69, 9.17) is 4.74 Å². The summed E-state index contributed by atoms with van der Waals surface area (Å²) in [5, 5.41) is 6.29. The van der Waals surface area contributed by atoms with Crippen LogP contribution in [0.1, 0.15) is 23.2 Å². The number of amides is 1. The molecule has 1 amide bonds. The molecule has 1 aliphatic rings. The number of benzene rings is 1. The number of ether oxygens (including phenoxy) is 1. The summed E-state index contributed by atoms with van der Waals surface area (Å²) in [6.07, 6.45) is 2.31. The Labute approximate surface area is 127 Å². The van der Waals surface area contributed by atoms with Gasteiger partial charge in [-0.1, -0.05) is 15.9 Å². The number of carbonyl (C=O) groups excluding carboxylic acids is 1. The average molecular weight is 350 g/mol. The van der Waals surface area contributed by atoms with Crippen LogP contribution in [-0.4, -0.2) is 32.1 Å². The average Bonchev–Trinajstić information content (AvgIpc) is 2.88. The Balaban J connectivity index is 0.00000180. The molecule has 6 heteroatoms. The van der Waals surface area contributed by atoms with E-state index in [9.17, 15) is 4.79 Å². The first-order chi connectivity index (χ1) is 8.70. The fourth-order valence-corrected chi connectivity index (χ4v) is 2.43. The van der Waals surface area contributed by atoms with Gasteiger partial charge in [-0.15, -0.1) is 12.4 Å². The molecule has 1 atom stereocenters. The van der Waals surface area contributed by atoms with Crippen LogP contribution in [0.4, 0.5) is 0 Å². The summed E-state index contributed by atoms with van der Waals surface area (Å²) >= 11 is 3.36. The van der Waals surface area contributed by atoms with E-state index in [0.717, 1.165) is 17.4 Å². The normalized spacial score (nSPS) is 17.7. The van der Waals surface area contributed by atoms with Crippen LogP contribution in [0.15, 0.2) is 22.7 Å². The predicted octanol–water partition coefficient (Wildman–Crippen LogP) is 2.36. The van der Waals surface area contributed by atoms with Crippen molar-refractivity contribution in [3.63, 3.8) is 0 Å². The minimum absolute atomic E-state index is 0. The first-order valence-corrected chi connectivity index (χ1v) is 6.85. The molecule has 0 aromatic heterocycles. The molecular weight excluding hydrogens is 332 g/mol. The molecule has 0 saturated carbocycles. The van der Waals surface area contributed by atoms with Crippen LogP contribution in [-0.2, 0) is 0 Å². The molecule has 1 heterocycles. The van der Waals surface area contributed by atoms with Gasteiger partial charge >= 0.3 is 0 Å². The van der Waals surface area contributed by atoms with Crippen molar-refractivity contribution in [2.45, 2.75) is 18.9 Å². The molecule has 1 saturated heterocycles. The third-order valence-electron chi connectivity index (χ3n) is 3.08. The van der Waals surface area contributed by atoms with E-state index in [0.29, 0.717) is 23.9 Å². The van der Waals surface area contributed by atoms with Gasteiger partial charge in [0.15, 0.2) is 0 Å². The van der Waals surface area contributed by atoms with Crippen LogP contribution in [0, 0.1) is 0 Å². The highest BCUT2D eigenvalue weighted by Gasteiger charge is 2.17. The summed E-state index contributed by atoms with van der Waals surface area (Å²) in [5.41, 5.74) is 0.568. The van der Waals surface area contributed by atoms with Crippen molar-refractivity contribution in [2.24, 2.45) is 0 Å². The molecule has 0 radical (unpaired) electrons. The first kappa shape index (κ1) is 16.3. The summed E-state index contributed by atoms with van der Waals surface area (Å²) in [6, 6.07) is 5.80. The summed E-state index contributed by atoms with van der Waals surface area (Å²) in [6.45, 7) is 1.71. The fraction of sp³-hybridized carbons (Fsp3) is 0.462. The van der Waals surface area contributed by atoms with E-state index < -0.39 is 0 Å². The molecule has 1 unspecified atom stereocenters. The van der Waals surface area contributed by atoms with Crippen molar-refractivity contribution in [3.8, 4) is 5.75 Å². The second-order valence-corrected chi connectivity index (χ2v) is 5.26. The maximum Gasteiger partial charge on any atom is 0.255 e. The van der Waals surface area contributed by atoms with Crippen molar-refractivity contribution in [2.75, 3.05) is 20.2 Å². The Morgan fingerprint density at radius 1 is 1.58 bits per heavy atom. The Morgan fingerprint density at radius 3 is 3.00 bits per heavy atom. The fourth-order valence-electron chi connectivity index (χ4n) is 2.09. The number of hydrogen-bond donors (Lipinski definition) is 2. The van der Waals surface area contributed by atoms with Gasteiger partial charge in [-0.3, -0.25) is 4.79 Å². The van der Waals surface area contributed by atoms with Gasteiger partial charge in [0.25, 0.3) is 5.91 Å². The molecule has 1 aliphatic heterocycles. The Hall–Kier alpha value is -0.780. The zero-order valence-electron chi connectivity index (χ0n) is 10.7. The lowest BCUT2D eigenvalue weighted by atomic mass is 10.1. The Morgan fingerprint density at radius 2 is 2.37 bits per heavy atom. The van der Waals surface area contributed by atoms with Gasteiger partial charge in [0, 0.05) is 17.1 Å². The number of hydrogen-bond acceptors (Lipinski definition) is 3. The SMILES string of the molecule is COc1cc(Br)ccc1C(=O)NCC1CCCN1.Cl. The van der Waals surface area contributed by atoms with Crippen LogP contribution < -0.4 is 15.4 Å². The number of carbonyl (C=O) groups is 1. The maximum absolute atomic E-state index is 12.1. The molecule has 106 valence electrons. The standard InChI is InChI=1S/C13H17BrN2O2.ClH/c1-18-12-7-9(14)4-5-11(12)13(17)16-8-10-3-2-6-15-10;/h4-5,7,10,15H,2-3,6,8H2,1H3,(H,16,17);1H. The zero-order valence-corrected chi connectivity index (χ0v) is 13.1. The lowest BCUT2D eigenvalue weighted by Crippen LogP contribution is -2.37. The predicted molar refractivity (Wildman–Crippen MR) is 81.3 cm³/mol. The van der Waals surface area contributed by atoms with Crippen molar-refractivity contribution in [1.29, 1.82) is 0 Å². The number of rotatable bonds is 4. The largest absolute Gasteiger partial charge is 0.496 e. The molecular formula is C13H18BrClN2O2. The van der Waals surface area contributed by atoms with Crippen LogP contribution in [0.2, 0.25) is 0 Å². The molecule has 1 aromatic carbocycles. The molecule has 0 aliphatic carbocycles. The molecule has 0 spiro atoms. The third kappa shape index (κ3) is 4.37. The smallest absolute Gasteiger partial charge is 0.255 e. The highest BCUT2D eigenvalue weighted by atomic mass is 79.9. The highest BCUT2D eigenvalue weighted by Crippen LogP contribution is 2.23. The molecule has 2 rings (SSSR count). The molecule has 4 nitrogen and oxygen atoms in total. The second kappa shape index (κ2) is 7.72. The lowest BCUT2D eigenvalue weighted by molar-refractivity contribution is 0.0947. The summed E-state index contributed by atoms with van der Waals surface area (Å²) < 4.78 is 6.11. The monoisotopic (exact) mass is 348 g/mol. The van der Waals surface area contributed by atoms with E-state index in [2.05, 4.69) is 26.6 Å². The summed E-state index contributed by atoms with van der Waals surface area (Å²) in [4.78, 5) is 12.1. The van der Waals surface area contributed by atoms with Crippen LogP contribution in [0.3, 0.4) is 0 Å². The van der Waals surface area contributed by atoms with Crippen LogP contribution in [0.25, 0.3) is 0 Å². The van der Waals surface area contributed by atoms with E-state index in [-0.39, 0.29) is 18.3 Å².